The molecule has 1 amide bonds. The van der Waals surface area contributed by atoms with E-state index in [0.29, 0.717) is 23.5 Å². The van der Waals surface area contributed by atoms with E-state index < -0.39 is 5.66 Å². The predicted octanol–water partition coefficient (Wildman–Crippen LogP) is 3.45. The summed E-state index contributed by atoms with van der Waals surface area (Å²) >= 11 is 0. The van der Waals surface area contributed by atoms with Gasteiger partial charge in [0.2, 0.25) is 11.9 Å². The van der Waals surface area contributed by atoms with E-state index in [0.717, 1.165) is 37.9 Å². The van der Waals surface area contributed by atoms with E-state index in [1.165, 1.54) is 0 Å². The molecule has 1 heterocycles. The molecule has 1 saturated carbocycles. The lowest BCUT2D eigenvalue weighted by atomic mass is 9.87. The van der Waals surface area contributed by atoms with Crippen molar-refractivity contribution in [1.82, 2.24) is 0 Å². The van der Waals surface area contributed by atoms with Crippen LogP contribution in [0.25, 0.3) is 0 Å². The molecule has 0 radical (unpaired) electrons. The van der Waals surface area contributed by atoms with E-state index in [1.807, 2.05) is 54.3 Å². The van der Waals surface area contributed by atoms with Crippen LogP contribution in [0.15, 0.2) is 58.5 Å². The number of aliphatic imine (C=N–C) groups is 2. The summed E-state index contributed by atoms with van der Waals surface area (Å²) in [6.45, 7) is 2.52. The highest BCUT2D eigenvalue weighted by Crippen LogP contribution is 2.40. The second-order valence-electron chi connectivity index (χ2n) is 7.75. The Kier molecular flexibility index (Phi) is 5.79. The fourth-order valence-corrected chi connectivity index (χ4v) is 4.33. The monoisotopic (exact) mass is 420 g/mol. The molecule has 2 aliphatic rings. The van der Waals surface area contributed by atoms with Crippen LogP contribution in [0.3, 0.4) is 0 Å². The Morgan fingerprint density at radius 1 is 1.10 bits per heavy atom. The highest BCUT2D eigenvalue weighted by Gasteiger charge is 2.43. The summed E-state index contributed by atoms with van der Waals surface area (Å²) in [5.41, 5.74) is 13.6. The Labute approximate surface area is 182 Å². The Bertz CT molecular complexity index is 1010. The highest BCUT2D eigenvalue weighted by molar-refractivity contribution is 6.13. The number of hydrogen-bond acceptors (Lipinski definition) is 7. The van der Waals surface area contributed by atoms with Crippen LogP contribution in [-0.4, -0.2) is 30.1 Å². The van der Waals surface area contributed by atoms with Crippen molar-refractivity contribution in [2.45, 2.75) is 44.7 Å². The van der Waals surface area contributed by atoms with Gasteiger partial charge in [-0.2, -0.15) is 4.99 Å². The van der Waals surface area contributed by atoms with Crippen LogP contribution < -0.4 is 26.4 Å². The fraction of sp³-hybridized carbons (Fsp3) is 0.348. The number of nitrogens with two attached hydrogens (primary N) is 2. The normalized spacial score (nSPS) is 17.6. The molecule has 1 spiro atoms. The van der Waals surface area contributed by atoms with Gasteiger partial charge in [-0.25, -0.2) is 4.99 Å². The topological polar surface area (TPSA) is 118 Å². The maximum Gasteiger partial charge on any atom is 0.257 e. The van der Waals surface area contributed by atoms with E-state index in [-0.39, 0.29) is 17.8 Å². The van der Waals surface area contributed by atoms with Crippen LogP contribution in [0.1, 0.15) is 49.4 Å². The number of benzene rings is 2. The average molecular weight is 421 g/mol. The lowest BCUT2D eigenvalue weighted by molar-refractivity contribution is 0.102. The van der Waals surface area contributed by atoms with E-state index in [9.17, 15) is 4.79 Å². The zero-order valence-electron chi connectivity index (χ0n) is 17.7. The zero-order valence-corrected chi connectivity index (χ0v) is 17.7. The maximum absolute atomic E-state index is 13.2. The molecule has 1 aliphatic heterocycles. The summed E-state index contributed by atoms with van der Waals surface area (Å²) in [7, 11) is 0. The van der Waals surface area contributed by atoms with E-state index in [1.54, 1.807) is 6.07 Å². The third-order valence-corrected chi connectivity index (χ3v) is 5.66. The Hall–Kier alpha value is -3.55. The molecule has 2 aromatic carbocycles. The van der Waals surface area contributed by atoms with Crippen LogP contribution in [0.4, 0.5) is 11.4 Å². The van der Waals surface area contributed by atoms with Gasteiger partial charge in [0.25, 0.3) is 5.91 Å². The van der Waals surface area contributed by atoms with Crippen molar-refractivity contribution in [3.63, 3.8) is 0 Å². The lowest BCUT2D eigenvalue weighted by Gasteiger charge is -2.46. The van der Waals surface area contributed by atoms with Gasteiger partial charge in [-0.1, -0.05) is 18.6 Å². The maximum atomic E-state index is 13.2. The number of carbonyl (C=O) groups excluding carboxylic acids is 1. The van der Waals surface area contributed by atoms with Crippen molar-refractivity contribution < 1.29 is 9.53 Å². The average Bonchev–Trinajstić information content (AvgIpc) is 2.75. The standard InChI is InChI=1S/C23H28N6O2/c1-2-31-17-12-10-16(11-13-17)26-20(30)18-8-4-5-9-19(18)29-22(25)27-21(24)28-23(29)14-6-3-7-15-23/h4-5,8-13H,2-3,6-7,14-15H2,1H3,(H,26,30)(H4,24,25,27,28). The minimum absolute atomic E-state index is 0.187. The number of hydrogen-bond donors (Lipinski definition) is 3. The molecule has 0 unspecified atom stereocenters. The first-order chi connectivity index (χ1) is 15.0. The molecule has 31 heavy (non-hydrogen) atoms. The third kappa shape index (κ3) is 4.19. The number of nitrogens with zero attached hydrogens (tertiary/aromatic N) is 3. The Balaban J connectivity index is 1.66. The van der Waals surface area contributed by atoms with E-state index >= 15 is 0 Å². The SMILES string of the molecule is CCOc1ccc(NC(=O)c2ccccc2N2C(N)=NC(N)=NC23CCCCC3)cc1. The van der Waals surface area contributed by atoms with Gasteiger partial charge in [-0.3, -0.25) is 9.69 Å². The molecule has 8 nitrogen and oxygen atoms in total. The van der Waals surface area contributed by atoms with Crippen molar-refractivity contribution in [2.75, 3.05) is 16.8 Å². The van der Waals surface area contributed by atoms with Crippen molar-refractivity contribution in [3.8, 4) is 5.75 Å². The largest absolute Gasteiger partial charge is 0.494 e. The summed E-state index contributed by atoms with van der Waals surface area (Å²) in [6.07, 6.45) is 4.78. The summed E-state index contributed by atoms with van der Waals surface area (Å²) in [5.74, 6) is 0.969. The van der Waals surface area contributed by atoms with Crippen molar-refractivity contribution in [2.24, 2.45) is 21.5 Å². The second kappa shape index (κ2) is 8.67. The molecule has 1 aliphatic carbocycles. The van der Waals surface area contributed by atoms with Crippen molar-refractivity contribution in [1.29, 1.82) is 0 Å². The van der Waals surface area contributed by atoms with Gasteiger partial charge in [-0.05, 0) is 69.0 Å². The van der Waals surface area contributed by atoms with Crippen LogP contribution in [0.5, 0.6) is 5.75 Å². The van der Waals surface area contributed by atoms with E-state index in [2.05, 4.69) is 10.3 Å². The minimum atomic E-state index is -0.607. The number of carbonyl (C=O) groups is 1. The number of para-hydroxylation sites is 1. The molecular weight excluding hydrogens is 392 g/mol. The first-order valence-corrected chi connectivity index (χ1v) is 10.7. The van der Waals surface area contributed by atoms with Gasteiger partial charge in [0.15, 0.2) is 0 Å². The predicted molar refractivity (Wildman–Crippen MR) is 124 cm³/mol. The summed E-state index contributed by atoms with van der Waals surface area (Å²) < 4.78 is 5.46. The molecule has 0 atom stereocenters. The first-order valence-electron chi connectivity index (χ1n) is 10.7. The van der Waals surface area contributed by atoms with Crippen molar-refractivity contribution >= 4 is 29.2 Å². The number of anilines is 2. The fourth-order valence-electron chi connectivity index (χ4n) is 4.33. The molecule has 1 fully saturated rings. The van der Waals surface area contributed by atoms with Gasteiger partial charge < -0.3 is 21.5 Å². The zero-order chi connectivity index (χ0) is 21.8. The molecule has 5 N–H and O–H groups in total. The van der Waals surface area contributed by atoms with Gasteiger partial charge in [-0.15, -0.1) is 0 Å². The molecule has 4 rings (SSSR count). The minimum Gasteiger partial charge on any atom is -0.494 e. The molecule has 0 saturated heterocycles. The quantitative estimate of drug-likeness (QED) is 0.685. The van der Waals surface area contributed by atoms with Crippen LogP contribution >= 0.6 is 0 Å². The second-order valence-corrected chi connectivity index (χ2v) is 7.75. The van der Waals surface area contributed by atoms with E-state index in [4.69, 9.17) is 21.2 Å². The smallest absolute Gasteiger partial charge is 0.257 e. The molecule has 8 heteroatoms. The first kappa shape index (κ1) is 20.7. The van der Waals surface area contributed by atoms with Gasteiger partial charge in [0, 0.05) is 5.69 Å². The summed E-state index contributed by atoms with van der Waals surface area (Å²) in [5, 5.41) is 2.96. The molecule has 2 aromatic rings. The van der Waals surface area contributed by atoms with Crippen molar-refractivity contribution in [3.05, 3.63) is 54.1 Å². The number of ether oxygens (including phenoxy) is 1. The molecular formula is C23H28N6O2. The van der Waals surface area contributed by atoms with Crippen LogP contribution in [-0.2, 0) is 0 Å². The van der Waals surface area contributed by atoms with Gasteiger partial charge >= 0.3 is 0 Å². The lowest BCUT2D eigenvalue weighted by Crippen LogP contribution is -2.58. The number of nitrogens with one attached hydrogen (secondary N) is 1. The number of guanidine groups is 2. The molecule has 0 aromatic heterocycles. The highest BCUT2D eigenvalue weighted by atomic mass is 16.5. The van der Waals surface area contributed by atoms with Gasteiger partial charge in [0.05, 0.1) is 17.9 Å². The Morgan fingerprint density at radius 3 is 2.52 bits per heavy atom. The van der Waals surface area contributed by atoms with Gasteiger partial charge in [0.1, 0.15) is 11.4 Å². The number of rotatable bonds is 5. The molecule has 162 valence electrons. The van der Waals surface area contributed by atoms with Crippen LogP contribution in [0.2, 0.25) is 0 Å². The third-order valence-electron chi connectivity index (χ3n) is 5.66. The number of amides is 1. The Morgan fingerprint density at radius 2 is 1.81 bits per heavy atom. The molecule has 0 bridgehead atoms. The van der Waals surface area contributed by atoms with Crippen LogP contribution in [0, 0.1) is 0 Å². The summed E-state index contributed by atoms with van der Waals surface area (Å²) in [6, 6.07) is 14.7. The summed E-state index contributed by atoms with van der Waals surface area (Å²) in [4.78, 5) is 24.0.